The average molecular weight is 721 g/mol. The molecule has 12 nitrogen and oxygen atoms in total. The minimum absolute atomic E-state index is 0.0272. The van der Waals surface area contributed by atoms with Crippen LogP contribution in [0.1, 0.15) is 95.9 Å². The normalized spacial score (nSPS) is 18.4. The summed E-state index contributed by atoms with van der Waals surface area (Å²) in [5, 5.41) is 90.9. The Morgan fingerprint density at radius 1 is 0.308 bits per heavy atom. The van der Waals surface area contributed by atoms with Crippen LogP contribution < -0.4 is 0 Å². The van der Waals surface area contributed by atoms with Gasteiger partial charge in [-0.3, -0.25) is 0 Å². The fourth-order valence-electron chi connectivity index (χ4n) is 7.01. The van der Waals surface area contributed by atoms with E-state index in [1.165, 1.54) is 24.3 Å². The number of benzene rings is 4. The van der Waals surface area contributed by atoms with Crippen LogP contribution >= 0.6 is 0 Å². The molecule has 52 heavy (non-hydrogen) atoms. The zero-order valence-corrected chi connectivity index (χ0v) is 29.8. The fraction of sp³-hybridized carbons (Fsp3) is 0.400. The number of fused-ring (bicyclic) bond motifs is 8. The van der Waals surface area contributed by atoms with E-state index in [-0.39, 0.29) is 117 Å². The minimum Gasteiger partial charge on any atom is -0.508 e. The van der Waals surface area contributed by atoms with E-state index in [2.05, 4.69) is 0 Å². The highest BCUT2D eigenvalue weighted by atomic mass is 16.5. The SMILES string of the molecule is CCOCC1c2cc(c(O)cc2O)C(COCC)c2cc(c(O)cc2O)C(COCC)c2cc(c(O)cc2O)C(COCC)c2cc1c(O)cc2O. The smallest absolute Gasteiger partial charge is 0.123 e. The molecule has 0 radical (unpaired) electrons. The van der Waals surface area contributed by atoms with Crippen LogP contribution in [0.4, 0.5) is 0 Å². The number of phenols is 8. The summed E-state index contributed by atoms with van der Waals surface area (Å²) in [5.74, 6) is -5.77. The molecular formula is C40H48O12. The zero-order chi connectivity index (χ0) is 37.7. The summed E-state index contributed by atoms with van der Waals surface area (Å²) < 4.78 is 23.4. The Bertz CT molecular complexity index is 1500. The molecule has 280 valence electrons. The van der Waals surface area contributed by atoms with Crippen molar-refractivity contribution in [2.45, 2.75) is 51.4 Å². The van der Waals surface area contributed by atoms with Crippen LogP contribution in [0.3, 0.4) is 0 Å². The lowest BCUT2D eigenvalue weighted by molar-refractivity contribution is 0.136. The summed E-state index contributed by atoms with van der Waals surface area (Å²) in [6.07, 6.45) is 0. The Hall–Kier alpha value is -4.88. The first-order chi connectivity index (χ1) is 24.9. The quantitative estimate of drug-likeness (QED) is 0.0812. The van der Waals surface area contributed by atoms with Crippen molar-refractivity contribution >= 4 is 0 Å². The molecule has 0 heterocycles. The maximum Gasteiger partial charge on any atom is 0.123 e. The van der Waals surface area contributed by atoms with Gasteiger partial charge in [0.05, 0.1) is 26.4 Å². The molecule has 4 aromatic rings. The molecule has 0 aliphatic heterocycles. The highest BCUT2D eigenvalue weighted by molar-refractivity contribution is 5.62. The summed E-state index contributed by atoms with van der Waals surface area (Å²) in [4.78, 5) is 0. The zero-order valence-electron chi connectivity index (χ0n) is 29.8. The van der Waals surface area contributed by atoms with E-state index < -0.39 is 23.7 Å². The predicted molar refractivity (Wildman–Crippen MR) is 192 cm³/mol. The van der Waals surface area contributed by atoms with Crippen molar-refractivity contribution in [2.24, 2.45) is 0 Å². The number of hydrogen-bond acceptors (Lipinski definition) is 12. The van der Waals surface area contributed by atoms with Gasteiger partial charge in [-0.1, -0.05) is 0 Å². The van der Waals surface area contributed by atoms with Crippen LogP contribution in [0.25, 0.3) is 0 Å². The lowest BCUT2D eigenvalue weighted by Gasteiger charge is -2.29. The van der Waals surface area contributed by atoms with E-state index in [0.717, 1.165) is 0 Å². The summed E-state index contributed by atoms with van der Waals surface area (Å²) in [6, 6.07) is 11.0. The van der Waals surface area contributed by atoms with E-state index in [4.69, 9.17) is 18.9 Å². The third-order valence-electron chi connectivity index (χ3n) is 9.66. The summed E-state index contributed by atoms with van der Waals surface area (Å²) >= 11 is 0. The van der Waals surface area contributed by atoms with Crippen molar-refractivity contribution in [1.29, 1.82) is 0 Å². The number of hydrogen-bond donors (Lipinski definition) is 8. The summed E-state index contributed by atoms with van der Waals surface area (Å²) in [6.45, 7) is 8.27. The number of ether oxygens (including phenoxy) is 4. The Morgan fingerprint density at radius 2 is 0.462 bits per heavy atom. The maximum absolute atomic E-state index is 11.4. The van der Waals surface area contributed by atoms with Crippen LogP contribution in [-0.4, -0.2) is 93.7 Å². The van der Waals surface area contributed by atoms with Crippen LogP contribution in [0.5, 0.6) is 46.0 Å². The van der Waals surface area contributed by atoms with Crippen LogP contribution in [0, 0.1) is 0 Å². The van der Waals surface area contributed by atoms with E-state index in [1.54, 1.807) is 52.0 Å². The molecule has 0 unspecified atom stereocenters. The molecule has 5 rings (SSSR count). The largest absolute Gasteiger partial charge is 0.508 e. The van der Waals surface area contributed by atoms with Crippen LogP contribution in [0.2, 0.25) is 0 Å². The van der Waals surface area contributed by atoms with Crippen molar-refractivity contribution < 1.29 is 59.8 Å². The highest BCUT2D eigenvalue weighted by Crippen LogP contribution is 2.50. The van der Waals surface area contributed by atoms with Crippen molar-refractivity contribution in [1.82, 2.24) is 0 Å². The first-order valence-corrected chi connectivity index (χ1v) is 17.5. The Morgan fingerprint density at radius 3 is 0.596 bits per heavy atom. The summed E-state index contributed by atoms with van der Waals surface area (Å²) in [7, 11) is 0. The summed E-state index contributed by atoms with van der Waals surface area (Å²) in [5.41, 5.74) is 2.15. The second kappa shape index (κ2) is 16.6. The van der Waals surface area contributed by atoms with Gasteiger partial charge in [0.1, 0.15) is 46.0 Å². The van der Waals surface area contributed by atoms with Gasteiger partial charge in [0.15, 0.2) is 0 Å². The molecule has 1 aliphatic carbocycles. The molecule has 0 amide bonds. The fourth-order valence-corrected chi connectivity index (χ4v) is 7.01. The predicted octanol–water partition coefficient (Wildman–Crippen LogP) is 6.32. The minimum atomic E-state index is -0.851. The molecular weight excluding hydrogens is 672 g/mol. The molecule has 8 N–H and O–H groups in total. The molecule has 4 aromatic carbocycles. The van der Waals surface area contributed by atoms with Gasteiger partial charge in [-0.05, 0) is 52.0 Å². The first-order valence-electron chi connectivity index (χ1n) is 17.5. The van der Waals surface area contributed by atoms with Gasteiger partial charge in [0, 0.05) is 119 Å². The van der Waals surface area contributed by atoms with Gasteiger partial charge in [-0.2, -0.15) is 0 Å². The van der Waals surface area contributed by atoms with E-state index in [0.29, 0.717) is 26.4 Å². The van der Waals surface area contributed by atoms with Gasteiger partial charge in [0.2, 0.25) is 0 Å². The van der Waals surface area contributed by atoms with Crippen LogP contribution in [-0.2, 0) is 18.9 Å². The van der Waals surface area contributed by atoms with E-state index in [1.807, 2.05) is 0 Å². The highest BCUT2D eigenvalue weighted by Gasteiger charge is 2.33. The standard InChI is InChI=1S/C40H48O12/c1-5-49-17-29-21-9-23(35(43)13-33(21)41)30(18-50-6-2)25-11-27(39(47)15-37(25)45)32(20-52-8-4)28-12-26(38(46)16-40(28)48)31(19-51-7-3)24-10-22(29)34(42)14-36(24)44/h9-16,29-32,41-48H,5-8,17-20H2,1-4H3. The molecule has 0 atom stereocenters. The van der Waals surface area contributed by atoms with Gasteiger partial charge in [0.25, 0.3) is 0 Å². The number of phenolic OH excluding ortho intramolecular Hbond substituents is 8. The lowest BCUT2D eigenvalue weighted by atomic mass is 9.80. The Labute approximate surface area is 302 Å². The monoisotopic (exact) mass is 720 g/mol. The Kier molecular flexibility index (Phi) is 12.3. The second-order valence-corrected chi connectivity index (χ2v) is 12.7. The molecule has 0 saturated carbocycles. The third-order valence-corrected chi connectivity index (χ3v) is 9.66. The van der Waals surface area contributed by atoms with Gasteiger partial charge in [-0.15, -0.1) is 0 Å². The van der Waals surface area contributed by atoms with Crippen LogP contribution in [0.15, 0.2) is 48.5 Å². The number of rotatable bonds is 12. The first kappa shape index (κ1) is 38.4. The topological polar surface area (TPSA) is 199 Å². The van der Waals surface area contributed by atoms with E-state index >= 15 is 0 Å². The molecule has 12 heteroatoms. The second-order valence-electron chi connectivity index (χ2n) is 12.7. The van der Waals surface area contributed by atoms with Gasteiger partial charge < -0.3 is 59.8 Å². The maximum atomic E-state index is 11.4. The van der Waals surface area contributed by atoms with Crippen molar-refractivity contribution in [3.63, 3.8) is 0 Å². The molecule has 0 aromatic heterocycles. The molecule has 0 saturated heterocycles. The van der Waals surface area contributed by atoms with Crippen molar-refractivity contribution in [3.8, 4) is 46.0 Å². The van der Waals surface area contributed by atoms with Gasteiger partial charge in [-0.25, -0.2) is 0 Å². The Balaban J connectivity index is 1.95. The van der Waals surface area contributed by atoms with Gasteiger partial charge >= 0.3 is 0 Å². The lowest BCUT2D eigenvalue weighted by Crippen LogP contribution is -2.17. The van der Waals surface area contributed by atoms with Crippen molar-refractivity contribution in [2.75, 3.05) is 52.9 Å². The van der Waals surface area contributed by atoms with E-state index in [9.17, 15) is 40.9 Å². The molecule has 0 spiro atoms. The molecule has 1 aliphatic rings. The molecule has 8 bridgehead atoms. The average Bonchev–Trinajstić information content (AvgIpc) is 3.09. The van der Waals surface area contributed by atoms with Crippen molar-refractivity contribution in [3.05, 3.63) is 93.0 Å². The third kappa shape index (κ3) is 7.65. The molecule has 0 fully saturated rings. The number of aromatic hydroxyl groups is 8.